The summed E-state index contributed by atoms with van der Waals surface area (Å²) >= 11 is 1.53. The minimum atomic E-state index is -3.24. The normalized spacial score (nSPS) is 22.3. The zero-order valence-electron chi connectivity index (χ0n) is 11.3. The van der Waals surface area contributed by atoms with Crippen LogP contribution in [0.4, 0.5) is 0 Å². The van der Waals surface area contributed by atoms with Crippen LogP contribution >= 0.6 is 11.3 Å². The van der Waals surface area contributed by atoms with Gasteiger partial charge in [0.25, 0.3) is 0 Å². The van der Waals surface area contributed by atoms with Gasteiger partial charge in [-0.25, -0.2) is 18.1 Å². The van der Waals surface area contributed by atoms with Crippen LogP contribution in [-0.4, -0.2) is 32.2 Å². The fourth-order valence-electron chi connectivity index (χ4n) is 2.32. The zero-order chi connectivity index (χ0) is 13.9. The Morgan fingerprint density at radius 2 is 2.42 bits per heavy atom. The Kier molecular flexibility index (Phi) is 4.94. The number of rotatable bonds is 5. The summed E-state index contributed by atoms with van der Waals surface area (Å²) in [4.78, 5) is 5.32. The molecule has 5 nitrogen and oxygen atoms in total. The lowest BCUT2D eigenvalue weighted by atomic mass is 10.0. The van der Waals surface area contributed by atoms with E-state index in [-0.39, 0.29) is 17.7 Å². The van der Waals surface area contributed by atoms with Crippen LogP contribution in [0.15, 0.2) is 6.20 Å². The summed E-state index contributed by atoms with van der Waals surface area (Å²) in [6, 6.07) is -0.250. The highest BCUT2D eigenvalue weighted by atomic mass is 32.2. The number of nitrogens with one attached hydrogen (secondary N) is 2. The molecule has 1 aliphatic rings. The predicted octanol–water partition coefficient (Wildman–Crippen LogP) is 1.43. The molecule has 1 fully saturated rings. The van der Waals surface area contributed by atoms with Crippen molar-refractivity contribution in [3.8, 4) is 0 Å². The van der Waals surface area contributed by atoms with Gasteiger partial charge < -0.3 is 5.32 Å². The van der Waals surface area contributed by atoms with Gasteiger partial charge >= 0.3 is 0 Å². The van der Waals surface area contributed by atoms with Crippen molar-refractivity contribution in [2.45, 2.75) is 32.7 Å². The maximum atomic E-state index is 12.1. The molecule has 0 bridgehead atoms. The third-order valence-corrected chi connectivity index (χ3v) is 5.94. The molecule has 1 aliphatic heterocycles. The summed E-state index contributed by atoms with van der Waals surface area (Å²) < 4.78 is 27.0. The lowest BCUT2D eigenvalue weighted by Gasteiger charge is -2.23. The van der Waals surface area contributed by atoms with E-state index in [1.807, 2.05) is 13.8 Å². The number of thiazole rings is 1. The van der Waals surface area contributed by atoms with Gasteiger partial charge in [-0.2, -0.15) is 0 Å². The summed E-state index contributed by atoms with van der Waals surface area (Å²) in [6.07, 6.45) is 3.82. The van der Waals surface area contributed by atoms with E-state index in [1.165, 1.54) is 11.3 Å². The molecular weight excluding hydrogens is 282 g/mol. The highest BCUT2D eigenvalue weighted by Gasteiger charge is 2.23. The smallest absolute Gasteiger partial charge is 0.212 e. The molecule has 0 aliphatic carbocycles. The predicted molar refractivity (Wildman–Crippen MR) is 77.8 cm³/mol. The molecule has 7 heteroatoms. The lowest BCUT2D eigenvalue weighted by Crippen LogP contribution is -2.38. The average molecular weight is 303 g/mol. The van der Waals surface area contributed by atoms with E-state index in [4.69, 9.17) is 0 Å². The molecule has 1 aromatic heterocycles. The number of aryl methyl sites for hydroxylation is 1. The molecule has 2 N–H and O–H groups in total. The van der Waals surface area contributed by atoms with Crippen molar-refractivity contribution in [3.63, 3.8) is 0 Å². The first-order chi connectivity index (χ1) is 8.96. The quantitative estimate of drug-likeness (QED) is 0.863. The van der Waals surface area contributed by atoms with Crippen LogP contribution < -0.4 is 10.0 Å². The maximum absolute atomic E-state index is 12.1. The van der Waals surface area contributed by atoms with Gasteiger partial charge in [-0.1, -0.05) is 0 Å². The van der Waals surface area contributed by atoms with Crippen molar-refractivity contribution >= 4 is 21.4 Å². The molecule has 19 heavy (non-hydrogen) atoms. The van der Waals surface area contributed by atoms with Crippen LogP contribution in [0.2, 0.25) is 0 Å². The standard InChI is InChI=1S/C12H21N3O2S2/c1-9-6-14-12(18-9)10(2)15-19(16,17)8-11-4-3-5-13-7-11/h6,10-11,13,15H,3-5,7-8H2,1-2H3. The van der Waals surface area contributed by atoms with Gasteiger partial charge in [-0.05, 0) is 45.7 Å². The lowest BCUT2D eigenvalue weighted by molar-refractivity contribution is 0.402. The van der Waals surface area contributed by atoms with E-state index in [0.29, 0.717) is 0 Å². The van der Waals surface area contributed by atoms with E-state index < -0.39 is 10.0 Å². The average Bonchev–Trinajstić information content (AvgIpc) is 2.76. The van der Waals surface area contributed by atoms with Crippen molar-refractivity contribution in [1.29, 1.82) is 0 Å². The Morgan fingerprint density at radius 1 is 1.63 bits per heavy atom. The summed E-state index contributed by atoms with van der Waals surface area (Å²) in [5.74, 6) is 0.422. The number of nitrogens with zero attached hydrogens (tertiary/aromatic N) is 1. The molecule has 1 saturated heterocycles. The molecule has 0 amide bonds. The first-order valence-electron chi connectivity index (χ1n) is 6.59. The molecule has 0 spiro atoms. The molecular formula is C12H21N3O2S2. The van der Waals surface area contributed by atoms with E-state index in [2.05, 4.69) is 15.0 Å². The molecule has 2 atom stereocenters. The maximum Gasteiger partial charge on any atom is 0.212 e. The number of piperidine rings is 1. The second kappa shape index (κ2) is 6.30. The summed E-state index contributed by atoms with van der Waals surface area (Å²) in [5.41, 5.74) is 0. The molecule has 2 rings (SSSR count). The molecule has 0 radical (unpaired) electrons. The van der Waals surface area contributed by atoms with Crippen LogP contribution in [0.5, 0.6) is 0 Å². The van der Waals surface area contributed by atoms with Gasteiger partial charge in [0.15, 0.2) is 0 Å². The van der Waals surface area contributed by atoms with E-state index in [9.17, 15) is 8.42 Å². The molecule has 0 saturated carbocycles. The topological polar surface area (TPSA) is 71.1 Å². The van der Waals surface area contributed by atoms with Crippen molar-refractivity contribution in [2.75, 3.05) is 18.8 Å². The van der Waals surface area contributed by atoms with Gasteiger partial charge in [0.05, 0.1) is 11.8 Å². The highest BCUT2D eigenvalue weighted by Crippen LogP contribution is 2.20. The fourth-order valence-corrected chi connectivity index (χ4v) is 4.82. The minimum absolute atomic E-state index is 0.203. The van der Waals surface area contributed by atoms with E-state index in [1.54, 1.807) is 6.20 Å². The van der Waals surface area contributed by atoms with Gasteiger partial charge in [0.2, 0.25) is 10.0 Å². The number of sulfonamides is 1. The number of hydrogen-bond donors (Lipinski definition) is 2. The zero-order valence-corrected chi connectivity index (χ0v) is 13.0. The van der Waals surface area contributed by atoms with Gasteiger partial charge in [0.1, 0.15) is 5.01 Å². The van der Waals surface area contributed by atoms with Gasteiger partial charge in [-0.15, -0.1) is 11.3 Å². The van der Waals surface area contributed by atoms with Gasteiger partial charge in [0, 0.05) is 11.1 Å². The third kappa shape index (κ3) is 4.52. The molecule has 108 valence electrons. The number of aromatic nitrogens is 1. The van der Waals surface area contributed by atoms with Crippen LogP contribution in [0.1, 0.15) is 35.7 Å². The van der Waals surface area contributed by atoms with Crippen LogP contribution in [0.25, 0.3) is 0 Å². The van der Waals surface area contributed by atoms with Crippen molar-refractivity contribution in [3.05, 3.63) is 16.1 Å². The monoisotopic (exact) mass is 303 g/mol. The Balaban J connectivity index is 1.92. The fraction of sp³-hybridized carbons (Fsp3) is 0.750. The first kappa shape index (κ1) is 14.9. The number of hydrogen-bond acceptors (Lipinski definition) is 5. The summed E-state index contributed by atoms with van der Waals surface area (Å²) in [5, 5.41) is 4.07. The summed E-state index contributed by atoms with van der Waals surface area (Å²) in [6.45, 7) is 5.61. The van der Waals surface area contributed by atoms with E-state index >= 15 is 0 Å². The Labute approximate surface area is 118 Å². The molecule has 2 unspecified atom stereocenters. The Hall–Kier alpha value is -0.500. The second-order valence-electron chi connectivity index (χ2n) is 5.14. The highest BCUT2D eigenvalue weighted by molar-refractivity contribution is 7.89. The SMILES string of the molecule is Cc1cnc(C(C)NS(=O)(=O)CC2CCCNC2)s1. The first-order valence-corrected chi connectivity index (χ1v) is 9.06. The van der Waals surface area contributed by atoms with Crippen molar-refractivity contribution in [1.82, 2.24) is 15.0 Å². The third-order valence-electron chi connectivity index (χ3n) is 3.22. The summed E-state index contributed by atoms with van der Waals surface area (Å²) in [7, 11) is -3.24. The molecule has 0 aromatic carbocycles. The van der Waals surface area contributed by atoms with Crippen LogP contribution in [0, 0.1) is 12.8 Å². The van der Waals surface area contributed by atoms with Crippen molar-refractivity contribution < 1.29 is 8.42 Å². The minimum Gasteiger partial charge on any atom is -0.316 e. The molecule has 2 heterocycles. The van der Waals surface area contributed by atoms with Gasteiger partial charge in [-0.3, -0.25) is 0 Å². The second-order valence-corrected chi connectivity index (χ2v) is 8.21. The Bertz CT molecular complexity index is 507. The van der Waals surface area contributed by atoms with Crippen molar-refractivity contribution in [2.24, 2.45) is 5.92 Å². The Morgan fingerprint density at radius 3 is 3.00 bits per heavy atom. The largest absolute Gasteiger partial charge is 0.316 e. The van der Waals surface area contributed by atoms with Crippen LogP contribution in [-0.2, 0) is 10.0 Å². The van der Waals surface area contributed by atoms with Crippen LogP contribution in [0.3, 0.4) is 0 Å². The van der Waals surface area contributed by atoms with E-state index in [0.717, 1.165) is 35.8 Å². The molecule has 1 aromatic rings.